The first-order chi connectivity index (χ1) is 27.9. The number of hydrogen-bond donors (Lipinski definition) is 2. The van der Waals surface area contributed by atoms with Gasteiger partial charge in [-0.2, -0.15) is 10.5 Å². The van der Waals surface area contributed by atoms with E-state index in [0.717, 1.165) is 0 Å². The molecule has 298 valence electrons. The van der Waals surface area contributed by atoms with E-state index in [2.05, 4.69) is 44.0 Å². The Morgan fingerprint density at radius 1 is 0.569 bits per heavy atom. The number of hydrogen-bond acceptors (Lipinski definition) is 14. The van der Waals surface area contributed by atoms with Crippen LogP contribution in [0.2, 0.25) is 0 Å². The maximum Gasteiger partial charge on any atom is 0.355 e. The van der Waals surface area contributed by atoms with Crippen LogP contribution in [-0.2, 0) is 38.1 Å². The molecule has 3 aromatic carbocycles. The number of nitrogens with zero attached hydrogens (tertiary/aromatic N) is 4. The molecule has 0 aromatic heterocycles. The van der Waals surface area contributed by atoms with Gasteiger partial charge >= 0.3 is 23.9 Å². The molecule has 0 saturated heterocycles. The first-order valence-corrected chi connectivity index (χ1v) is 19.7. The van der Waals surface area contributed by atoms with Gasteiger partial charge in [0.05, 0.1) is 72.7 Å². The molecule has 0 fully saturated rings. The van der Waals surface area contributed by atoms with Gasteiger partial charge in [0.15, 0.2) is 0 Å². The zero-order valence-electron chi connectivity index (χ0n) is 31.9. The molecule has 0 bridgehead atoms. The summed E-state index contributed by atoms with van der Waals surface area (Å²) in [6, 6.07) is 24.0. The quantitative estimate of drug-likeness (QED) is 0.146. The average Bonchev–Trinajstić information content (AvgIpc) is 3.20. The van der Waals surface area contributed by atoms with Gasteiger partial charge in [-0.05, 0) is 75.2 Å². The highest BCUT2D eigenvalue weighted by Gasteiger charge is 2.46. The van der Waals surface area contributed by atoms with E-state index in [4.69, 9.17) is 30.4 Å². The van der Waals surface area contributed by atoms with Gasteiger partial charge in [-0.15, -0.1) is 0 Å². The third-order valence-electron chi connectivity index (χ3n) is 9.11. The van der Waals surface area contributed by atoms with Crippen LogP contribution in [0.5, 0.6) is 0 Å². The zero-order chi connectivity index (χ0) is 42.3. The van der Waals surface area contributed by atoms with Crippen molar-refractivity contribution in [2.45, 2.75) is 39.5 Å². The number of nitrogens with two attached hydrogens (primary N) is 2. The van der Waals surface area contributed by atoms with E-state index < -0.39 is 35.7 Å². The summed E-state index contributed by atoms with van der Waals surface area (Å²) in [6.45, 7) is 6.20. The maximum absolute atomic E-state index is 14.0. The summed E-state index contributed by atoms with van der Waals surface area (Å²) in [4.78, 5) is 58.2. The summed E-state index contributed by atoms with van der Waals surface area (Å²) in [5, 5.41) is 21.2. The van der Waals surface area contributed by atoms with Crippen LogP contribution in [0.15, 0.2) is 127 Å². The fourth-order valence-electron chi connectivity index (χ4n) is 6.80. The maximum atomic E-state index is 14.0. The SMILES string of the molecule is CCOC(=O)C1=C(C(=O)OCC)N(c2ccc(N3C(N)=C(C#N)C(c4ccccc4Br)C(C(=O)OCC)=C3C(=O)OCC)cc2)C(N)=C(C#N)C1c1ccccc1Br. The molecule has 0 amide bonds. The van der Waals surface area contributed by atoms with E-state index in [9.17, 15) is 29.7 Å². The van der Waals surface area contributed by atoms with Crippen LogP contribution < -0.4 is 21.3 Å². The van der Waals surface area contributed by atoms with Crippen LogP contribution in [0.4, 0.5) is 11.4 Å². The minimum Gasteiger partial charge on any atom is -0.463 e. The number of benzene rings is 3. The fourth-order valence-corrected chi connectivity index (χ4v) is 7.83. The van der Waals surface area contributed by atoms with Crippen molar-refractivity contribution in [1.29, 1.82) is 10.5 Å². The zero-order valence-corrected chi connectivity index (χ0v) is 35.0. The third kappa shape index (κ3) is 7.94. The molecule has 2 unspecified atom stereocenters. The molecule has 0 aliphatic carbocycles. The number of nitriles is 2. The molecule has 0 radical (unpaired) electrons. The van der Waals surface area contributed by atoms with Gasteiger partial charge in [-0.3, -0.25) is 9.80 Å². The predicted molar refractivity (Wildman–Crippen MR) is 219 cm³/mol. The molecule has 2 heterocycles. The van der Waals surface area contributed by atoms with Crippen molar-refractivity contribution < 1.29 is 38.1 Å². The highest BCUT2D eigenvalue weighted by atomic mass is 79.9. The number of rotatable bonds is 12. The van der Waals surface area contributed by atoms with Gasteiger partial charge in [0.2, 0.25) is 0 Å². The van der Waals surface area contributed by atoms with Crippen LogP contribution in [0, 0.1) is 22.7 Å². The number of anilines is 2. The monoisotopic (exact) mass is 912 g/mol. The third-order valence-corrected chi connectivity index (χ3v) is 10.6. The molecule has 2 aliphatic heterocycles. The Hall–Kier alpha value is -6.36. The number of carbonyl (C=O) groups is 4. The van der Waals surface area contributed by atoms with Crippen LogP contribution in [0.3, 0.4) is 0 Å². The normalized spacial score (nSPS) is 16.8. The highest BCUT2D eigenvalue weighted by molar-refractivity contribution is 9.10. The summed E-state index contributed by atoms with van der Waals surface area (Å²) in [6.07, 6.45) is 0. The topological polar surface area (TPSA) is 211 Å². The highest BCUT2D eigenvalue weighted by Crippen LogP contribution is 2.47. The number of carbonyl (C=O) groups excluding carboxylic acids is 4. The van der Waals surface area contributed by atoms with Crippen molar-refractivity contribution in [3.8, 4) is 12.1 Å². The van der Waals surface area contributed by atoms with Crippen molar-refractivity contribution in [3.63, 3.8) is 0 Å². The number of esters is 4. The summed E-state index contributed by atoms with van der Waals surface area (Å²) >= 11 is 7.03. The second-order valence-electron chi connectivity index (χ2n) is 12.3. The summed E-state index contributed by atoms with van der Waals surface area (Å²) < 4.78 is 22.9. The lowest BCUT2D eigenvalue weighted by Crippen LogP contribution is -2.41. The Bertz CT molecular complexity index is 2210. The molecule has 5 rings (SSSR count). The molecule has 0 spiro atoms. The Balaban J connectivity index is 1.79. The fraction of sp³-hybridized carbons (Fsp3) is 0.238. The van der Waals surface area contributed by atoms with Crippen LogP contribution in [-0.4, -0.2) is 50.3 Å². The Kier molecular flexibility index (Phi) is 13.8. The van der Waals surface area contributed by atoms with E-state index >= 15 is 0 Å². The predicted octanol–water partition coefficient (Wildman–Crippen LogP) is 6.57. The molecule has 14 nitrogen and oxygen atoms in total. The molecule has 0 saturated carbocycles. The molecular formula is C42H38Br2N6O8. The van der Waals surface area contributed by atoms with E-state index in [1.807, 2.05) is 0 Å². The van der Waals surface area contributed by atoms with Crippen molar-refractivity contribution in [2.24, 2.45) is 11.5 Å². The summed E-state index contributed by atoms with van der Waals surface area (Å²) in [5.74, 6) is -6.20. The lowest BCUT2D eigenvalue weighted by Gasteiger charge is -2.37. The summed E-state index contributed by atoms with van der Waals surface area (Å²) in [7, 11) is 0. The molecular weight excluding hydrogens is 876 g/mol. The molecule has 2 aliphatic rings. The summed E-state index contributed by atoms with van der Waals surface area (Å²) in [5.41, 5.74) is 13.8. The first-order valence-electron chi connectivity index (χ1n) is 18.1. The van der Waals surface area contributed by atoms with E-state index in [-0.39, 0.29) is 83.1 Å². The minimum atomic E-state index is -1.13. The van der Waals surface area contributed by atoms with Gasteiger partial charge in [0.1, 0.15) is 23.0 Å². The van der Waals surface area contributed by atoms with Crippen LogP contribution in [0.1, 0.15) is 50.7 Å². The molecule has 58 heavy (non-hydrogen) atoms. The standard InChI is InChI=1S/C42H38Br2N6O8/c1-5-55-39(51)33-31(25-13-9-11-15-29(25)43)27(21-45)37(47)49(35(33)41(53)57-7-3)23-17-19-24(20-18-23)50-36(42(54)58-8-4)34(40(52)56-6-2)32(28(22-46)38(50)48)26-14-10-12-16-30(26)44/h9-20,31-32H,5-8,47-48H2,1-4H3. The van der Waals surface area contributed by atoms with Crippen molar-refractivity contribution >= 4 is 67.1 Å². The van der Waals surface area contributed by atoms with Crippen molar-refractivity contribution in [1.82, 2.24) is 0 Å². The molecule has 16 heteroatoms. The number of ether oxygens (including phenoxy) is 4. The van der Waals surface area contributed by atoms with Crippen LogP contribution in [0.25, 0.3) is 0 Å². The average molecular weight is 915 g/mol. The van der Waals surface area contributed by atoms with Gasteiger partial charge in [0, 0.05) is 20.3 Å². The van der Waals surface area contributed by atoms with Crippen molar-refractivity contribution in [2.75, 3.05) is 36.2 Å². The van der Waals surface area contributed by atoms with Crippen molar-refractivity contribution in [3.05, 3.63) is 138 Å². The van der Waals surface area contributed by atoms with Gasteiger partial charge in [0.25, 0.3) is 0 Å². The Labute approximate surface area is 351 Å². The molecule has 4 N–H and O–H groups in total. The number of halogens is 2. The smallest absolute Gasteiger partial charge is 0.355 e. The van der Waals surface area contributed by atoms with E-state index in [0.29, 0.717) is 20.1 Å². The van der Waals surface area contributed by atoms with Gasteiger partial charge in [-0.1, -0.05) is 68.3 Å². The van der Waals surface area contributed by atoms with Crippen LogP contribution >= 0.6 is 31.9 Å². The second-order valence-corrected chi connectivity index (χ2v) is 14.0. The first kappa shape index (κ1) is 42.8. The van der Waals surface area contributed by atoms with E-state index in [1.165, 1.54) is 34.1 Å². The Morgan fingerprint density at radius 3 is 1.17 bits per heavy atom. The minimum absolute atomic E-state index is 0.0431. The van der Waals surface area contributed by atoms with Gasteiger partial charge < -0.3 is 30.4 Å². The second kappa shape index (κ2) is 18.7. The van der Waals surface area contributed by atoms with Gasteiger partial charge in [-0.25, -0.2) is 19.2 Å². The van der Waals surface area contributed by atoms with E-state index in [1.54, 1.807) is 76.2 Å². The molecule has 2 atom stereocenters. The molecule has 3 aromatic rings. The largest absolute Gasteiger partial charge is 0.463 e. The Morgan fingerprint density at radius 2 is 0.879 bits per heavy atom. The lowest BCUT2D eigenvalue weighted by molar-refractivity contribution is -0.142. The number of allylic oxidation sites excluding steroid dienone is 2. The lowest BCUT2D eigenvalue weighted by atomic mass is 9.80.